The summed E-state index contributed by atoms with van der Waals surface area (Å²) in [6.07, 6.45) is 5.45. The van der Waals surface area contributed by atoms with Crippen LogP contribution in [-0.2, 0) is 7.05 Å². The smallest absolute Gasteiger partial charge is 0.256 e. The van der Waals surface area contributed by atoms with Gasteiger partial charge in [-0.15, -0.1) is 0 Å². The van der Waals surface area contributed by atoms with Crippen molar-refractivity contribution < 1.29 is 4.79 Å². The lowest BCUT2D eigenvalue weighted by atomic mass is 10.0. The summed E-state index contributed by atoms with van der Waals surface area (Å²) in [5.74, 6) is -0.127. The van der Waals surface area contributed by atoms with Crippen LogP contribution in [0.2, 0.25) is 0 Å². The third kappa shape index (κ3) is 3.14. The first kappa shape index (κ1) is 17.5. The fraction of sp³-hybridized carbons (Fsp3) is 0.150. The lowest BCUT2D eigenvalue weighted by Crippen LogP contribution is -2.15. The third-order valence-corrected chi connectivity index (χ3v) is 5.46. The van der Waals surface area contributed by atoms with E-state index >= 15 is 0 Å². The summed E-state index contributed by atoms with van der Waals surface area (Å²) in [4.78, 5) is 12.9. The number of carbonyl (C=O) groups excluding carboxylic acids is 1. The van der Waals surface area contributed by atoms with Crippen molar-refractivity contribution in [1.82, 2.24) is 19.6 Å². The maximum atomic E-state index is 12.9. The van der Waals surface area contributed by atoms with Crippen LogP contribution in [0.25, 0.3) is 16.6 Å². The van der Waals surface area contributed by atoms with E-state index in [-0.39, 0.29) is 5.91 Å². The number of aryl methyl sites for hydroxylation is 2. The number of aromatic nitrogens is 4. The highest BCUT2D eigenvalue weighted by Gasteiger charge is 2.15. The van der Waals surface area contributed by atoms with Gasteiger partial charge in [0.1, 0.15) is 5.69 Å². The SMILES string of the molecule is Cc1ccc(Br)c(C)c1C(=O)Nc1ccc2cnn(-c3cnn(C)c3)c2c1. The quantitative estimate of drug-likeness (QED) is 0.531. The number of nitrogens with zero attached hydrogens (tertiary/aromatic N) is 4. The summed E-state index contributed by atoms with van der Waals surface area (Å²) >= 11 is 3.50. The first-order valence-corrected chi connectivity index (χ1v) is 9.27. The van der Waals surface area contributed by atoms with Gasteiger partial charge in [0.2, 0.25) is 0 Å². The van der Waals surface area contributed by atoms with Crippen molar-refractivity contribution in [3.63, 3.8) is 0 Å². The van der Waals surface area contributed by atoms with Gasteiger partial charge in [0, 0.05) is 28.2 Å². The number of fused-ring (bicyclic) bond motifs is 1. The van der Waals surface area contributed by atoms with E-state index in [0.29, 0.717) is 5.56 Å². The molecule has 0 spiro atoms. The van der Waals surface area contributed by atoms with E-state index in [1.807, 2.05) is 62.1 Å². The molecule has 2 aromatic carbocycles. The summed E-state index contributed by atoms with van der Waals surface area (Å²) in [5, 5.41) is 12.6. The lowest BCUT2D eigenvalue weighted by molar-refractivity contribution is 0.102. The minimum Gasteiger partial charge on any atom is -0.322 e. The van der Waals surface area contributed by atoms with E-state index in [0.717, 1.165) is 37.9 Å². The fourth-order valence-electron chi connectivity index (χ4n) is 3.18. The van der Waals surface area contributed by atoms with Crippen LogP contribution in [0, 0.1) is 13.8 Å². The average Bonchev–Trinajstić information content (AvgIpc) is 3.24. The molecule has 7 heteroatoms. The Labute approximate surface area is 164 Å². The Hall–Kier alpha value is -2.93. The van der Waals surface area contributed by atoms with Gasteiger partial charge in [-0.3, -0.25) is 9.48 Å². The molecule has 4 aromatic rings. The molecular formula is C20H18BrN5O. The zero-order chi connectivity index (χ0) is 19.1. The molecule has 0 bridgehead atoms. The Morgan fingerprint density at radius 3 is 2.67 bits per heavy atom. The Morgan fingerprint density at radius 1 is 1.11 bits per heavy atom. The van der Waals surface area contributed by atoms with Gasteiger partial charge in [-0.1, -0.05) is 22.0 Å². The molecule has 2 aromatic heterocycles. The van der Waals surface area contributed by atoms with E-state index < -0.39 is 0 Å². The number of halogens is 1. The van der Waals surface area contributed by atoms with Gasteiger partial charge < -0.3 is 5.32 Å². The number of hydrogen-bond acceptors (Lipinski definition) is 3. The van der Waals surface area contributed by atoms with Gasteiger partial charge in [-0.25, -0.2) is 4.68 Å². The first-order valence-electron chi connectivity index (χ1n) is 8.48. The molecule has 6 nitrogen and oxygen atoms in total. The molecule has 1 amide bonds. The Balaban J connectivity index is 1.71. The summed E-state index contributed by atoms with van der Waals surface area (Å²) in [6.45, 7) is 3.88. The summed E-state index contributed by atoms with van der Waals surface area (Å²) in [5.41, 5.74) is 5.05. The average molecular weight is 424 g/mol. The number of amides is 1. The monoisotopic (exact) mass is 423 g/mol. The molecule has 0 atom stereocenters. The summed E-state index contributed by atoms with van der Waals surface area (Å²) < 4.78 is 4.46. The van der Waals surface area contributed by atoms with Gasteiger partial charge in [-0.05, 0) is 49.2 Å². The number of anilines is 1. The number of hydrogen-bond donors (Lipinski definition) is 1. The van der Waals surface area contributed by atoms with Gasteiger partial charge in [0.15, 0.2) is 0 Å². The normalized spacial score (nSPS) is 11.1. The van der Waals surface area contributed by atoms with Crippen molar-refractivity contribution in [2.75, 3.05) is 5.32 Å². The molecule has 0 aliphatic rings. The number of rotatable bonds is 3. The molecule has 1 N–H and O–H groups in total. The van der Waals surface area contributed by atoms with Crippen LogP contribution in [0.4, 0.5) is 5.69 Å². The van der Waals surface area contributed by atoms with E-state index in [4.69, 9.17) is 0 Å². The Morgan fingerprint density at radius 2 is 1.93 bits per heavy atom. The van der Waals surface area contributed by atoms with Crippen LogP contribution in [0.1, 0.15) is 21.5 Å². The van der Waals surface area contributed by atoms with E-state index in [1.165, 1.54) is 0 Å². The molecule has 0 aliphatic carbocycles. The summed E-state index contributed by atoms with van der Waals surface area (Å²) in [6, 6.07) is 9.66. The molecule has 2 heterocycles. The van der Waals surface area contributed by atoms with Crippen molar-refractivity contribution in [3.05, 3.63) is 70.1 Å². The van der Waals surface area contributed by atoms with Crippen LogP contribution in [0.5, 0.6) is 0 Å². The van der Waals surface area contributed by atoms with E-state index in [2.05, 4.69) is 31.4 Å². The molecule has 136 valence electrons. The van der Waals surface area contributed by atoms with Gasteiger partial charge in [-0.2, -0.15) is 10.2 Å². The van der Waals surface area contributed by atoms with Gasteiger partial charge >= 0.3 is 0 Å². The van der Waals surface area contributed by atoms with Crippen LogP contribution in [0.3, 0.4) is 0 Å². The minimum absolute atomic E-state index is 0.127. The highest BCUT2D eigenvalue weighted by atomic mass is 79.9. The van der Waals surface area contributed by atoms with Crippen LogP contribution in [-0.4, -0.2) is 25.5 Å². The number of nitrogens with one attached hydrogen (secondary N) is 1. The van der Waals surface area contributed by atoms with Gasteiger partial charge in [0.05, 0.1) is 24.1 Å². The largest absolute Gasteiger partial charge is 0.322 e. The standard InChI is InChI=1S/C20H18BrN5O/c1-12-4-7-17(21)13(2)19(12)20(27)24-15-6-5-14-9-23-26(18(14)8-15)16-10-22-25(3)11-16/h4-11H,1-3H3,(H,24,27). The zero-order valence-corrected chi connectivity index (χ0v) is 16.8. The third-order valence-electron chi connectivity index (χ3n) is 4.60. The first-order chi connectivity index (χ1) is 12.9. The maximum absolute atomic E-state index is 12.9. The molecular weight excluding hydrogens is 406 g/mol. The van der Waals surface area contributed by atoms with Crippen molar-refractivity contribution in [3.8, 4) is 5.69 Å². The highest BCUT2D eigenvalue weighted by molar-refractivity contribution is 9.10. The van der Waals surface area contributed by atoms with Crippen molar-refractivity contribution in [1.29, 1.82) is 0 Å². The molecule has 4 rings (SSSR count). The number of carbonyl (C=O) groups is 1. The Bertz CT molecular complexity index is 1170. The topological polar surface area (TPSA) is 64.7 Å². The summed E-state index contributed by atoms with van der Waals surface area (Å²) in [7, 11) is 1.86. The predicted molar refractivity (Wildman–Crippen MR) is 109 cm³/mol. The molecule has 0 saturated heterocycles. The zero-order valence-electron chi connectivity index (χ0n) is 15.2. The fourth-order valence-corrected chi connectivity index (χ4v) is 3.51. The second-order valence-electron chi connectivity index (χ2n) is 6.52. The molecule has 0 unspecified atom stereocenters. The van der Waals surface area contributed by atoms with Crippen molar-refractivity contribution >= 4 is 38.4 Å². The molecule has 0 fully saturated rings. The van der Waals surface area contributed by atoms with Crippen molar-refractivity contribution in [2.45, 2.75) is 13.8 Å². The van der Waals surface area contributed by atoms with E-state index in [1.54, 1.807) is 17.1 Å². The van der Waals surface area contributed by atoms with Crippen molar-refractivity contribution in [2.24, 2.45) is 7.05 Å². The van der Waals surface area contributed by atoms with Crippen LogP contribution >= 0.6 is 15.9 Å². The van der Waals surface area contributed by atoms with Crippen LogP contribution < -0.4 is 5.32 Å². The molecule has 27 heavy (non-hydrogen) atoms. The predicted octanol–water partition coefficient (Wildman–Crippen LogP) is 4.39. The second-order valence-corrected chi connectivity index (χ2v) is 7.37. The lowest BCUT2D eigenvalue weighted by Gasteiger charge is -2.12. The molecule has 0 saturated carbocycles. The van der Waals surface area contributed by atoms with E-state index in [9.17, 15) is 4.79 Å². The highest BCUT2D eigenvalue weighted by Crippen LogP contribution is 2.26. The van der Waals surface area contributed by atoms with Gasteiger partial charge in [0.25, 0.3) is 5.91 Å². The molecule has 0 aliphatic heterocycles. The molecule has 0 radical (unpaired) electrons. The Kier molecular flexibility index (Phi) is 4.31. The second kappa shape index (κ2) is 6.66. The van der Waals surface area contributed by atoms with Crippen LogP contribution in [0.15, 0.2) is 53.4 Å². The number of benzene rings is 2. The minimum atomic E-state index is -0.127. The maximum Gasteiger partial charge on any atom is 0.256 e.